The smallest absolute Gasteiger partial charge is 0.287 e. The quantitative estimate of drug-likeness (QED) is 0.623. The van der Waals surface area contributed by atoms with Crippen LogP contribution in [0.25, 0.3) is 22.4 Å². The minimum atomic E-state index is -0.263. The van der Waals surface area contributed by atoms with Crippen LogP contribution in [0, 0.1) is 0 Å². The van der Waals surface area contributed by atoms with Crippen LogP contribution in [-0.4, -0.2) is 20.7 Å². The van der Waals surface area contributed by atoms with E-state index in [0.717, 1.165) is 22.5 Å². The first-order valence-electron chi connectivity index (χ1n) is 7.92. The molecule has 6 nitrogen and oxygen atoms in total. The standard InChI is InChI=1S/C19H16N4O2/c1-23-16(15-7-4-5-9-20-15)11-14(22-23)12-21-19(24)18-10-13-6-2-3-8-17(13)25-18/h2-11H,12H2,1H3,(H,21,24). The number of aromatic nitrogens is 3. The number of amides is 1. The third kappa shape index (κ3) is 3.01. The fourth-order valence-corrected chi connectivity index (χ4v) is 2.72. The largest absolute Gasteiger partial charge is 0.451 e. The number of carbonyl (C=O) groups is 1. The molecular weight excluding hydrogens is 316 g/mol. The number of hydrogen-bond acceptors (Lipinski definition) is 4. The highest BCUT2D eigenvalue weighted by Crippen LogP contribution is 2.19. The highest BCUT2D eigenvalue weighted by atomic mass is 16.3. The van der Waals surface area contributed by atoms with E-state index in [9.17, 15) is 4.79 Å². The van der Waals surface area contributed by atoms with E-state index in [1.807, 2.05) is 55.6 Å². The average Bonchev–Trinajstić information content (AvgIpc) is 3.24. The summed E-state index contributed by atoms with van der Waals surface area (Å²) in [5.74, 6) is 0.0309. The van der Waals surface area contributed by atoms with Gasteiger partial charge in [0.2, 0.25) is 0 Å². The number of carbonyl (C=O) groups excluding carboxylic acids is 1. The van der Waals surface area contributed by atoms with Crippen molar-refractivity contribution in [2.24, 2.45) is 7.05 Å². The molecule has 0 saturated carbocycles. The van der Waals surface area contributed by atoms with Gasteiger partial charge in [0.15, 0.2) is 5.76 Å². The highest BCUT2D eigenvalue weighted by molar-refractivity contribution is 5.96. The predicted octanol–water partition coefficient (Wildman–Crippen LogP) is 3.16. The number of nitrogens with one attached hydrogen (secondary N) is 1. The minimum Gasteiger partial charge on any atom is -0.451 e. The van der Waals surface area contributed by atoms with E-state index in [-0.39, 0.29) is 5.91 Å². The summed E-state index contributed by atoms with van der Waals surface area (Å²) >= 11 is 0. The van der Waals surface area contributed by atoms with Gasteiger partial charge in [-0.15, -0.1) is 0 Å². The van der Waals surface area contributed by atoms with E-state index in [4.69, 9.17) is 4.42 Å². The van der Waals surface area contributed by atoms with Gasteiger partial charge in [0.1, 0.15) is 5.58 Å². The molecule has 0 aliphatic rings. The van der Waals surface area contributed by atoms with Gasteiger partial charge in [-0.3, -0.25) is 14.5 Å². The van der Waals surface area contributed by atoms with Crippen LogP contribution in [0.4, 0.5) is 0 Å². The van der Waals surface area contributed by atoms with Crippen LogP contribution in [0.5, 0.6) is 0 Å². The summed E-state index contributed by atoms with van der Waals surface area (Å²) in [4.78, 5) is 16.6. The SMILES string of the molecule is Cn1nc(CNC(=O)c2cc3ccccc3o2)cc1-c1ccccn1. The third-order valence-corrected chi connectivity index (χ3v) is 3.94. The molecule has 0 aliphatic carbocycles. The van der Waals surface area contributed by atoms with Gasteiger partial charge in [-0.1, -0.05) is 24.3 Å². The average molecular weight is 332 g/mol. The first-order chi connectivity index (χ1) is 12.2. The Morgan fingerprint density at radius 2 is 2.00 bits per heavy atom. The van der Waals surface area contributed by atoms with E-state index >= 15 is 0 Å². The first kappa shape index (κ1) is 15.1. The zero-order valence-corrected chi connectivity index (χ0v) is 13.6. The molecule has 0 atom stereocenters. The van der Waals surface area contributed by atoms with Crippen molar-refractivity contribution in [2.45, 2.75) is 6.54 Å². The summed E-state index contributed by atoms with van der Waals surface area (Å²) in [5, 5.41) is 8.17. The lowest BCUT2D eigenvalue weighted by molar-refractivity contribution is 0.0925. The molecule has 3 heterocycles. The molecule has 0 unspecified atom stereocenters. The maximum atomic E-state index is 12.3. The lowest BCUT2D eigenvalue weighted by Gasteiger charge is -1.99. The molecule has 0 aliphatic heterocycles. The fraction of sp³-hybridized carbons (Fsp3) is 0.105. The molecule has 1 amide bonds. The van der Waals surface area contributed by atoms with Gasteiger partial charge in [-0.2, -0.15) is 5.10 Å². The molecule has 1 aromatic carbocycles. The van der Waals surface area contributed by atoms with Gasteiger partial charge < -0.3 is 9.73 Å². The number of hydrogen-bond donors (Lipinski definition) is 1. The Labute approximate surface area is 144 Å². The predicted molar refractivity (Wildman–Crippen MR) is 93.8 cm³/mol. The fourth-order valence-electron chi connectivity index (χ4n) is 2.72. The first-order valence-corrected chi connectivity index (χ1v) is 7.92. The van der Waals surface area contributed by atoms with E-state index in [0.29, 0.717) is 17.9 Å². The summed E-state index contributed by atoms with van der Waals surface area (Å²) in [6.45, 7) is 0.316. The molecule has 25 heavy (non-hydrogen) atoms. The van der Waals surface area contributed by atoms with Crippen molar-refractivity contribution in [3.8, 4) is 11.4 Å². The monoisotopic (exact) mass is 332 g/mol. The van der Waals surface area contributed by atoms with Crippen molar-refractivity contribution in [3.05, 3.63) is 72.2 Å². The van der Waals surface area contributed by atoms with Gasteiger partial charge in [0, 0.05) is 18.6 Å². The topological polar surface area (TPSA) is 73.0 Å². The summed E-state index contributed by atoms with van der Waals surface area (Å²) in [6.07, 6.45) is 1.74. The number of benzene rings is 1. The Hall–Kier alpha value is -3.41. The third-order valence-electron chi connectivity index (χ3n) is 3.94. The second-order valence-electron chi connectivity index (χ2n) is 5.69. The van der Waals surface area contributed by atoms with Gasteiger partial charge in [0.25, 0.3) is 5.91 Å². The number of pyridine rings is 1. The van der Waals surface area contributed by atoms with Crippen molar-refractivity contribution in [3.63, 3.8) is 0 Å². The molecule has 124 valence electrons. The Bertz CT molecular complexity index is 1000. The number of para-hydroxylation sites is 1. The Balaban J connectivity index is 1.49. The second kappa shape index (κ2) is 6.24. The van der Waals surface area contributed by atoms with E-state index in [1.54, 1.807) is 16.9 Å². The second-order valence-corrected chi connectivity index (χ2v) is 5.69. The van der Waals surface area contributed by atoms with Crippen LogP contribution in [0.3, 0.4) is 0 Å². The molecule has 4 aromatic rings. The molecule has 6 heteroatoms. The van der Waals surface area contributed by atoms with E-state index in [1.165, 1.54) is 0 Å². The minimum absolute atomic E-state index is 0.263. The molecule has 4 rings (SSSR count). The van der Waals surface area contributed by atoms with E-state index < -0.39 is 0 Å². The maximum Gasteiger partial charge on any atom is 0.287 e. The number of fused-ring (bicyclic) bond motifs is 1. The molecular formula is C19H16N4O2. The van der Waals surface area contributed by atoms with E-state index in [2.05, 4.69) is 15.4 Å². The van der Waals surface area contributed by atoms with Gasteiger partial charge in [-0.05, 0) is 30.3 Å². The summed E-state index contributed by atoms with van der Waals surface area (Å²) in [6, 6.07) is 16.9. The molecule has 1 N–H and O–H groups in total. The van der Waals surface area contributed by atoms with Crippen molar-refractivity contribution in [2.75, 3.05) is 0 Å². The van der Waals surface area contributed by atoms with Crippen molar-refractivity contribution in [1.29, 1.82) is 0 Å². The van der Waals surface area contributed by atoms with Crippen LogP contribution >= 0.6 is 0 Å². The zero-order chi connectivity index (χ0) is 17.2. The molecule has 3 aromatic heterocycles. The Morgan fingerprint density at radius 3 is 2.80 bits per heavy atom. The van der Waals surface area contributed by atoms with Crippen LogP contribution in [0.2, 0.25) is 0 Å². The lowest BCUT2D eigenvalue weighted by atomic mass is 10.2. The summed E-state index contributed by atoms with van der Waals surface area (Å²) in [7, 11) is 1.86. The molecule has 0 fully saturated rings. The number of aryl methyl sites for hydroxylation is 1. The van der Waals surface area contributed by atoms with Gasteiger partial charge in [0.05, 0.1) is 23.6 Å². The van der Waals surface area contributed by atoms with Crippen LogP contribution in [0.15, 0.2) is 65.2 Å². The van der Waals surface area contributed by atoms with Gasteiger partial charge >= 0.3 is 0 Å². The van der Waals surface area contributed by atoms with Gasteiger partial charge in [-0.25, -0.2) is 0 Å². The summed E-state index contributed by atoms with van der Waals surface area (Å²) < 4.78 is 7.32. The zero-order valence-electron chi connectivity index (χ0n) is 13.6. The summed E-state index contributed by atoms with van der Waals surface area (Å²) in [5.41, 5.74) is 3.19. The molecule has 0 spiro atoms. The van der Waals surface area contributed by atoms with Crippen molar-refractivity contribution >= 4 is 16.9 Å². The highest BCUT2D eigenvalue weighted by Gasteiger charge is 2.13. The van der Waals surface area contributed by atoms with Crippen LogP contribution in [-0.2, 0) is 13.6 Å². The number of rotatable bonds is 4. The normalized spacial score (nSPS) is 10.9. The lowest BCUT2D eigenvalue weighted by Crippen LogP contribution is -2.22. The number of furan rings is 1. The van der Waals surface area contributed by atoms with Crippen LogP contribution in [0.1, 0.15) is 16.2 Å². The van der Waals surface area contributed by atoms with Crippen molar-refractivity contribution < 1.29 is 9.21 Å². The molecule has 0 radical (unpaired) electrons. The van der Waals surface area contributed by atoms with Crippen LogP contribution < -0.4 is 5.32 Å². The maximum absolute atomic E-state index is 12.3. The molecule has 0 bridgehead atoms. The molecule has 0 saturated heterocycles. The number of nitrogens with zero attached hydrogens (tertiary/aromatic N) is 3. The van der Waals surface area contributed by atoms with Crippen molar-refractivity contribution in [1.82, 2.24) is 20.1 Å². The Morgan fingerprint density at radius 1 is 1.16 bits per heavy atom. The Kier molecular flexibility index (Phi) is 3.78.